The third-order valence-corrected chi connectivity index (χ3v) is 6.76. The first-order valence-corrected chi connectivity index (χ1v) is 12.1. The fraction of sp³-hybridized carbons (Fsp3) is 0.407. The SMILES string of the molecule is CC(NC(=O)c1nn(-c2ccccc2)c2c1CCCCC2)c1ccc(N2CCOCC2)cc1. The summed E-state index contributed by atoms with van der Waals surface area (Å²) in [5, 5.41) is 8.01. The number of amides is 1. The van der Waals surface area contributed by atoms with E-state index < -0.39 is 0 Å². The molecular weight excluding hydrogens is 412 g/mol. The fourth-order valence-corrected chi connectivity index (χ4v) is 4.88. The van der Waals surface area contributed by atoms with Crippen LogP contribution in [0.1, 0.15) is 59.5 Å². The number of nitrogens with one attached hydrogen (secondary N) is 1. The van der Waals surface area contributed by atoms with Gasteiger partial charge < -0.3 is 15.0 Å². The summed E-state index contributed by atoms with van der Waals surface area (Å²) in [5.74, 6) is -0.0902. The minimum Gasteiger partial charge on any atom is -0.378 e. The van der Waals surface area contributed by atoms with E-state index in [-0.39, 0.29) is 11.9 Å². The quantitative estimate of drug-likeness (QED) is 0.590. The molecular formula is C27H32N4O2. The van der Waals surface area contributed by atoms with Crippen LogP contribution in [0.25, 0.3) is 5.69 Å². The van der Waals surface area contributed by atoms with Gasteiger partial charge in [-0.1, -0.05) is 36.8 Å². The second-order valence-corrected chi connectivity index (χ2v) is 8.97. The Morgan fingerprint density at radius 2 is 1.67 bits per heavy atom. The number of hydrogen-bond acceptors (Lipinski definition) is 4. The molecule has 6 heteroatoms. The summed E-state index contributed by atoms with van der Waals surface area (Å²) < 4.78 is 7.43. The van der Waals surface area contributed by atoms with Crippen molar-refractivity contribution in [3.05, 3.63) is 77.1 Å². The number of rotatable bonds is 5. The second-order valence-electron chi connectivity index (χ2n) is 8.97. The highest BCUT2D eigenvalue weighted by atomic mass is 16.5. The maximum Gasteiger partial charge on any atom is 0.272 e. The normalized spacial score (nSPS) is 17.2. The van der Waals surface area contributed by atoms with Gasteiger partial charge in [-0.3, -0.25) is 4.79 Å². The summed E-state index contributed by atoms with van der Waals surface area (Å²) in [7, 11) is 0. The van der Waals surface area contributed by atoms with Gasteiger partial charge in [0, 0.05) is 30.0 Å². The van der Waals surface area contributed by atoms with E-state index in [9.17, 15) is 4.79 Å². The molecule has 172 valence electrons. The maximum atomic E-state index is 13.4. The van der Waals surface area contributed by atoms with Crippen LogP contribution in [0.3, 0.4) is 0 Å². The van der Waals surface area contributed by atoms with Gasteiger partial charge in [-0.05, 0) is 62.4 Å². The van der Waals surface area contributed by atoms with Gasteiger partial charge in [0.1, 0.15) is 0 Å². The summed E-state index contributed by atoms with van der Waals surface area (Å²) >= 11 is 0. The molecule has 3 aromatic rings. The molecule has 5 rings (SSSR count). The Morgan fingerprint density at radius 3 is 2.42 bits per heavy atom. The minimum atomic E-state index is -0.0976. The van der Waals surface area contributed by atoms with Crippen LogP contribution in [0.2, 0.25) is 0 Å². The van der Waals surface area contributed by atoms with Crippen molar-refractivity contribution >= 4 is 11.6 Å². The average molecular weight is 445 g/mol. The Labute approximate surface area is 195 Å². The fourth-order valence-electron chi connectivity index (χ4n) is 4.88. The van der Waals surface area contributed by atoms with Gasteiger partial charge in [-0.25, -0.2) is 4.68 Å². The number of carbonyl (C=O) groups excluding carboxylic acids is 1. The average Bonchev–Trinajstić information content (AvgIpc) is 3.06. The molecule has 1 aromatic heterocycles. The summed E-state index contributed by atoms with van der Waals surface area (Å²) in [6.45, 7) is 5.42. The van der Waals surface area contributed by atoms with E-state index >= 15 is 0 Å². The largest absolute Gasteiger partial charge is 0.378 e. The first-order chi connectivity index (χ1) is 16.2. The van der Waals surface area contributed by atoms with Crippen molar-refractivity contribution < 1.29 is 9.53 Å². The second kappa shape index (κ2) is 9.79. The molecule has 33 heavy (non-hydrogen) atoms. The predicted octanol–water partition coefficient (Wildman–Crippen LogP) is 4.47. The van der Waals surface area contributed by atoms with Crippen LogP contribution in [0, 0.1) is 0 Å². The van der Waals surface area contributed by atoms with Gasteiger partial charge in [0.05, 0.1) is 24.9 Å². The van der Waals surface area contributed by atoms with Gasteiger partial charge in [-0.2, -0.15) is 5.10 Å². The lowest BCUT2D eigenvalue weighted by Gasteiger charge is -2.29. The Bertz CT molecular complexity index is 1090. The molecule has 2 aromatic carbocycles. The number of para-hydroxylation sites is 1. The van der Waals surface area contributed by atoms with Gasteiger partial charge in [-0.15, -0.1) is 0 Å². The number of benzene rings is 2. The Hall–Kier alpha value is -3.12. The first kappa shape index (κ1) is 21.7. The molecule has 1 N–H and O–H groups in total. The number of fused-ring (bicyclic) bond motifs is 1. The molecule has 1 atom stereocenters. The number of carbonyl (C=O) groups is 1. The van der Waals surface area contributed by atoms with Crippen LogP contribution in [0.4, 0.5) is 5.69 Å². The van der Waals surface area contributed by atoms with Crippen LogP contribution >= 0.6 is 0 Å². The monoisotopic (exact) mass is 444 g/mol. The number of aromatic nitrogens is 2. The number of hydrogen-bond donors (Lipinski definition) is 1. The lowest BCUT2D eigenvalue weighted by atomic mass is 10.1. The zero-order valence-corrected chi connectivity index (χ0v) is 19.3. The molecule has 1 aliphatic carbocycles. The minimum absolute atomic E-state index is 0.0902. The van der Waals surface area contributed by atoms with Crippen molar-refractivity contribution in [1.29, 1.82) is 0 Å². The molecule has 0 bridgehead atoms. The van der Waals surface area contributed by atoms with E-state index in [2.05, 4.69) is 46.6 Å². The van der Waals surface area contributed by atoms with Crippen molar-refractivity contribution in [3.8, 4) is 5.69 Å². The van der Waals surface area contributed by atoms with Crippen LogP contribution in [0.5, 0.6) is 0 Å². The van der Waals surface area contributed by atoms with Crippen molar-refractivity contribution in [2.24, 2.45) is 0 Å². The molecule has 1 amide bonds. The number of ether oxygens (including phenoxy) is 1. The molecule has 0 radical (unpaired) electrons. The third kappa shape index (κ3) is 4.67. The number of nitrogens with zero attached hydrogens (tertiary/aromatic N) is 3. The van der Waals surface area contributed by atoms with E-state index in [0.717, 1.165) is 68.8 Å². The van der Waals surface area contributed by atoms with Crippen molar-refractivity contribution in [2.75, 3.05) is 31.2 Å². The smallest absolute Gasteiger partial charge is 0.272 e. The van der Waals surface area contributed by atoms with Gasteiger partial charge in [0.25, 0.3) is 5.91 Å². The molecule has 0 spiro atoms. The summed E-state index contributed by atoms with van der Waals surface area (Å²) in [6, 6.07) is 18.5. The molecule has 2 aliphatic rings. The van der Waals surface area contributed by atoms with Gasteiger partial charge >= 0.3 is 0 Å². The highest BCUT2D eigenvalue weighted by molar-refractivity contribution is 5.94. The molecule has 1 fully saturated rings. The zero-order valence-electron chi connectivity index (χ0n) is 19.3. The zero-order chi connectivity index (χ0) is 22.6. The Balaban J connectivity index is 1.35. The molecule has 0 saturated carbocycles. The topological polar surface area (TPSA) is 59.4 Å². The van der Waals surface area contributed by atoms with Crippen LogP contribution in [-0.4, -0.2) is 42.0 Å². The molecule has 1 saturated heterocycles. The van der Waals surface area contributed by atoms with Crippen LogP contribution < -0.4 is 10.2 Å². The van der Waals surface area contributed by atoms with E-state index in [0.29, 0.717) is 5.69 Å². The van der Waals surface area contributed by atoms with E-state index in [1.807, 2.05) is 29.8 Å². The summed E-state index contributed by atoms with van der Waals surface area (Å²) in [4.78, 5) is 15.7. The van der Waals surface area contributed by atoms with Gasteiger partial charge in [0.2, 0.25) is 0 Å². The lowest BCUT2D eigenvalue weighted by Crippen LogP contribution is -2.36. The molecule has 6 nitrogen and oxygen atoms in total. The van der Waals surface area contributed by atoms with Gasteiger partial charge in [0.15, 0.2) is 5.69 Å². The molecule has 1 unspecified atom stereocenters. The van der Waals surface area contributed by atoms with Crippen molar-refractivity contribution in [1.82, 2.24) is 15.1 Å². The highest BCUT2D eigenvalue weighted by Gasteiger charge is 2.25. The van der Waals surface area contributed by atoms with Crippen molar-refractivity contribution in [2.45, 2.75) is 45.1 Å². The Morgan fingerprint density at radius 1 is 0.939 bits per heavy atom. The van der Waals surface area contributed by atoms with Crippen LogP contribution in [-0.2, 0) is 17.6 Å². The molecule has 1 aliphatic heterocycles. The Kier molecular flexibility index (Phi) is 6.44. The molecule has 2 heterocycles. The first-order valence-electron chi connectivity index (χ1n) is 12.1. The number of morpholine rings is 1. The summed E-state index contributed by atoms with van der Waals surface area (Å²) in [5.41, 5.74) is 6.19. The van der Waals surface area contributed by atoms with Crippen LogP contribution in [0.15, 0.2) is 54.6 Å². The highest BCUT2D eigenvalue weighted by Crippen LogP contribution is 2.27. The lowest BCUT2D eigenvalue weighted by molar-refractivity contribution is 0.0933. The third-order valence-electron chi connectivity index (χ3n) is 6.76. The van der Waals surface area contributed by atoms with E-state index in [1.54, 1.807) is 0 Å². The predicted molar refractivity (Wildman–Crippen MR) is 130 cm³/mol. The number of anilines is 1. The summed E-state index contributed by atoms with van der Waals surface area (Å²) in [6.07, 6.45) is 5.30. The standard InChI is InChI=1S/C27H32N4O2/c1-20(21-12-14-22(15-13-21)30-16-18-33-19-17-30)28-27(32)26-24-10-6-3-7-11-25(24)31(29-26)23-8-4-2-5-9-23/h2,4-5,8-9,12-15,20H,3,6-7,10-11,16-19H2,1H3,(H,28,32). The maximum absolute atomic E-state index is 13.4. The van der Waals surface area contributed by atoms with E-state index in [4.69, 9.17) is 9.84 Å². The van der Waals surface area contributed by atoms with Crippen molar-refractivity contribution in [3.63, 3.8) is 0 Å². The van der Waals surface area contributed by atoms with E-state index in [1.165, 1.54) is 17.8 Å².